The fourth-order valence-corrected chi connectivity index (χ4v) is 2.91. The summed E-state index contributed by atoms with van der Waals surface area (Å²) in [6.45, 7) is 6.55. The maximum atomic E-state index is 12.2. The monoisotopic (exact) mass is 354 g/mol. The summed E-state index contributed by atoms with van der Waals surface area (Å²) >= 11 is 3.37. The number of carbonyl (C=O) groups is 2. The highest BCUT2D eigenvalue weighted by Gasteiger charge is 2.29. The van der Waals surface area contributed by atoms with Gasteiger partial charge in [-0.3, -0.25) is 9.59 Å². The van der Waals surface area contributed by atoms with Crippen molar-refractivity contribution in [1.29, 1.82) is 0 Å². The van der Waals surface area contributed by atoms with Gasteiger partial charge >= 0.3 is 11.8 Å². The SMILES string of the molecule is Cc1cc(Br)ccc1NC(=O)C(=O)N1CC(C)OC(C)C1. The highest BCUT2D eigenvalue weighted by Crippen LogP contribution is 2.20. The van der Waals surface area contributed by atoms with Crippen LogP contribution in [0.3, 0.4) is 0 Å². The molecule has 114 valence electrons. The van der Waals surface area contributed by atoms with Gasteiger partial charge in [0.15, 0.2) is 0 Å². The van der Waals surface area contributed by atoms with Crippen molar-refractivity contribution >= 4 is 33.4 Å². The minimum atomic E-state index is -0.610. The Kier molecular flexibility index (Phi) is 5.00. The van der Waals surface area contributed by atoms with Crippen molar-refractivity contribution in [2.45, 2.75) is 33.0 Å². The van der Waals surface area contributed by atoms with Crippen LogP contribution in [0, 0.1) is 6.92 Å². The molecule has 0 saturated carbocycles. The molecule has 1 heterocycles. The van der Waals surface area contributed by atoms with Gasteiger partial charge in [-0.1, -0.05) is 15.9 Å². The van der Waals surface area contributed by atoms with Crippen LogP contribution in [0.1, 0.15) is 19.4 Å². The van der Waals surface area contributed by atoms with Crippen LogP contribution in [-0.4, -0.2) is 42.0 Å². The zero-order valence-electron chi connectivity index (χ0n) is 12.4. The van der Waals surface area contributed by atoms with Crippen LogP contribution in [0.5, 0.6) is 0 Å². The molecule has 0 bridgehead atoms. The van der Waals surface area contributed by atoms with Gasteiger partial charge in [0.05, 0.1) is 12.2 Å². The van der Waals surface area contributed by atoms with Gasteiger partial charge in [-0.05, 0) is 44.5 Å². The number of nitrogens with one attached hydrogen (secondary N) is 1. The van der Waals surface area contributed by atoms with E-state index in [-0.39, 0.29) is 12.2 Å². The zero-order chi connectivity index (χ0) is 15.6. The summed E-state index contributed by atoms with van der Waals surface area (Å²) in [6, 6.07) is 5.49. The van der Waals surface area contributed by atoms with Gasteiger partial charge in [0.2, 0.25) is 0 Å². The summed E-state index contributed by atoms with van der Waals surface area (Å²) < 4.78 is 6.50. The molecule has 1 aromatic carbocycles. The highest BCUT2D eigenvalue weighted by molar-refractivity contribution is 9.10. The van der Waals surface area contributed by atoms with Crippen LogP contribution >= 0.6 is 15.9 Å². The lowest BCUT2D eigenvalue weighted by Gasteiger charge is -2.34. The summed E-state index contributed by atoms with van der Waals surface area (Å²) in [4.78, 5) is 25.9. The minimum absolute atomic E-state index is 0.0556. The number of halogens is 1. The summed E-state index contributed by atoms with van der Waals surface area (Å²) in [5, 5.41) is 2.67. The molecule has 2 unspecified atom stereocenters. The normalized spacial score (nSPS) is 22.0. The van der Waals surface area contributed by atoms with Crippen molar-refractivity contribution in [3.05, 3.63) is 28.2 Å². The number of hydrogen-bond donors (Lipinski definition) is 1. The van der Waals surface area contributed by atoms with Crippen LogP contribution in [0.25, 0.3) is 0 Å². The molecule has 5 nitrogen and oxygen atoms in total. The van der Waals surface area contributed by atoms with E-state index in [1.807, 2.05) is 32.9 Å². The molecule has 0 aliphatic carbocycles. The summed E-state index contributed by atoms with van der Waals surface area (Å²) in [6.07, 6.45) is -0.111. The number of rotatable bonds is 1. The van der Waals surface area contributed by atoms with Crippen LogP contribution in [0.2, 0.25) is 0 Å². The molecule has 6 heteroatoms. The highest BCUT2D eigenvalue weighted by atomic mass is 79.9. The molecule has 1 aliphatic heterocycles. The van der Waals surface area contributed by atoms with Crippen LogP contribution in [-0.2, 0) is 14.3 Å². The third-order valence-corrected chi connectivity index (χ3v) is 3.83. The molecule has 0 radical (unpaired) electrons. The summed E-state index contributed by atoms with van der Waals surface area (Å²) in [5.74, 6) is -1.12. The molecule has 2 rings (SSSR count). The van der Waals surface area contributed by atoms with E-state index in [4.69, 9.17) is 4.74 Å². The van der Waals surface area contributed by atoms with E-state index in [1.54, 1.807) is 11.0 Å². The third-order valence-electron chi connectivity index (χ3n) is 3.34. The third kappa shape index (κ3) is 4.04. The molecule has 1 saturated heterocycles. The van der Waals surface area contributed by atoms with E-state index in [9.17, 15) is 9.59 Å². The Morgan fingerprint density at radius 1 is 1.29 bits per heavy atom. The quantitative estimate of drug-likeness (QED) is 0.787. The number of anilines is 1. The predicted octanol–water partition coefficient (Wildman–Crippen LogP) is 2.33. The Labute approximate surface area is 132 Å². The largest absolute Gasteiger partial charge is 0.372 e. The molecule has 1 aliphatic rings. The van der Waals surface area contributed by atoms with Crippen molar-refractivity contribution in [3.8, 4) is 0 Å². The summed E-state index contributed by atoms with van der Waals surface area (Å²) in [5.41, 5.74) is 1.54. The van der Waals surface area contributed by atoms with E-state index in [0.717, 1.165) is 10.0 Å². The number of nitrogens with zero attached hydrogens (tertiary/aromatic N) is 1. The molecular formula is C15H19BrN2O3. The Morgan fingerprint density at radius 3 is 2.48 bits per heavy atom. The second-order valence-electron chi connectivity index (χ2n) is 5.38. The number of ether oxygens (including phenoxy) is 1. The lowest BCUT2D eigenvalue weighted by molar-refractivity contribution is -0.151. The van der Waals surface area contributed by atoms with Crippen molar-refractivity contribution in [2.75, 3.05) is 18.4 Å². The van der Waals surface area contributed by atoms with Crippen LogP contribution in [0.4, 0.5) is 5.69 Å². The van der Waals surface area contributed by atoms with E-state index in [0.29, 0.717) is 18.8 Å². The molecule has 21 heavy (non-hydrogen) atoms. The molecule has 1 N–H and O–H groups in total. The first-order chi connectivity index (χ1) is 9.86. The molecule has 2 atom stereocenters. The number of amides is 2. The van der Waals surface area contributed by atoms with Gasteiger partial charge in [-0.25, -0.2) is 0 Å². The first kappa shape index (κ1) is 16.0. The maximum absolute atomic E-state index is 12.2. The number of morpholine rings is 1. The summed E-state index contributed by atoms with van der Waals surface area (Å²) in [7, 11) is 0. The van der Waals surface area contributed by atoms with Crippen molar-refractivity contribution in [2.24, 2.45) is 0 Å². The standard InChI is InChI=1S/C15H19BrN2O3/c1-9-6-12(16)4-5-13(9)17-14(19)15(20)18-7-10(2)21-11(3)8-18/h4-6,10-11H,7-8H2,1-3H3,(H,17,19). The lowest BCUT2D eigenvalue weighted by Crippen LogP contribution is -2.51. The Bertz CT molecular complexity index is 552. The Hall–Kier alpha value is -1.40. The van der Waals surface area contributed by atoms with E-state index >= 15 is 0 Å². The minimum Gasteiger partial charge on any atom is -0.372 e. The number of hydrogen-bond acceptors (Lipinski definition) is 3. The van der Waals surface area contributed by atoms with Gasteiger partial charge in [-0.2, -0.15) is 0 Å². The molecule has 0 spiro atoms. The Morgan fingerprint density at radius 2 is 1.90 bits per heavy atom. The van der Waals surface area contributed by atoms with Gasteiger partial charge in [0.25, 0.3) is 0 Å². The molecular weight excluding hydrogens is 336 g/mol. The molecule has 1 aromatic rings. The zero-order valence-corrected chi connectivity index (χ0v) is 13.9. The fourth-order valence-electron chi connectivity index (χ4n) is 2.43. The Balaban J connectivity index is 2.04. The number of aryl methyl sites for hydroxylation is 1. The van der Waals surface area contributed by atoms with E-state index in [2.05, 4.69) is 21.2 Å². The van der Waals surface area contributed by atoms with Gasteiger partial charge in [0, 0.05) is 23.2 Å². The first-order valence-electron chi connectivity index (χ1n) is 6.88. The smallest absolute Gasteiger partial charge is 0.313 e. The van der Waals surface area contributed by atoms with Gasteiger partial charge < -0.3 is 15.0 Å². The number of carbonyl (C=O) groups excluding carboxylic acids is 2. The van der Waals surface area contributed by atoms with E-state index in [1.165, 1.54) is 0 Å². The van der Waals surface area contributed by atoms with Gasteiger partial charge in [-0.15, -0.1) is 0 Å². The first-order valence-corrected chi connectivity index (χ1v) is 7.68. The van der Waals surface area contributed by atoms with Crippen LogP contribution < -0.4 is 5.32 Å². The number of benzene rings is 1. The fraction of sp³-hybridized carbons (Fsp3) is 0.467. The lowest BCUT2D eigenvalue weighted by atomic mass is 10.2. The maximum Gasteiger partial charge on any atom is 0.313 e. The van der Waals surface area contributed by atoms with Gasteiger partial charge in [0.1, 0.15) is 0 Å². The average Bonchev–Trinajstić information content (AvgIpc) is 2.40. The molecule has 0 aromatic heterocycles. The second-order valence-corrected chi connectivity index (χ2v) is 6.30. The van der Waals surface area contributed by atoms with Crippen molar-refractivity contribution < 1.29 is 14.3 Å². The van der Waals surface area contributed by atoms with Crippen LogP contribution in [0.15, 0.2) is 22.7 Å². The van der Waals surface area contributed by atoms with Crippen molar-refractivity contribution in [3.63, 3.8) is 0 Å². The predicted molar refractivity (Wildman–Crippen MR) is 84.1 cm³/mol. The van der Waals surface area contributed by atoms with E-state index < -0.39 is 11.8 Å². The molecule has 2 amide bonds. The molecule has 1 fully saturated rings. The second kappa shape index (κ2) is 6.58. The topological polar surface area (TPSA) is 58.6 Å². The van der Waals surface area contributed by atoms with Crippen molar-refractivity contribution in [1.82, 2.24) is 4.90 Å². The average molecular weight is 355 g/mol.